The van der Waals surface area contributed by atoms with E-state index in [0.29, 0.717) is 0 Å². The Hall–Kier alpha value is -4.18. The Labute approximate surface area is 237 Å². The van der Waals surface area contributed by atoms with Gasteiger partial charge in [0.25, 0.3) is 0 Å². The number of anilines is 2. The largest absolute Gasteiger partial charge is 0.472 e. The topological polar surface area (TPSA) is 31.5 Å². The predicted molar refractivity (Wildman–Crippen MR) is 168 cm³/mol. The van der Waals surface area contributed by atoms with Gasteiger partial charge in [-0.25, -0.2) is 0 Å². The summed E-state index contributed by atoms with van der Waals surface area (Å²) in [7, 11) is 0. The summed E-state index contributed by atoms with van der Waals surface area (Å²) in [6.45, 7) is 15.0. The van der Waals surface area contributed by atoms with Crippen LogP contribution in [0.5, 0.6) is 5.75 Å². The molecule has 0 unspecified atom stereocenters. The van der Waals surface area contributed by atoms with Gasteiger partial charge in [0.15, 0.2) is 5.60 Å². The minimum atomic E-state index is -0.746. The highest BCUT2D eigenvalue weighted by atomic mass is 16.5. The molecule has 0 bridgehead atoms. The van der Waals surface area contributed by atoms with E-state index in [9.17, 15) is 0 Å². The average molecular weight is 528 g/mol. The van der Waals surface area contributed by atoms with Gasteiger partial charge in [0.2, 0.25) is 0 Å². The Kier molecular flexibility index (Phi) is 5.71. The number of hydrogen-bond acceptors (Lipinski definition) is 3. The minimum absolute atomic E-state index is 0.746. The van der Waals surface area contributed by atoms with Crippen molar-refractivity contribution in [3.8, 4) is 28.1 Å². The fraction of sp³-hybridized carbons (Fsp3) is 0.278. The number of hydrogen-bond donors (Lipinski definition) is 1. The summed E-state index contributed by atoms with van der Waals surface area (Å²) in [5.74, 6) is 0.929. The molecule has 1 aliphatic carbocycles. The van der Waals surface area contributed by atoms with Crippen molar-refractivity contribution in [1.82, 2.24) is 4.98 Å². The highest BCUT2D eigenvalue weighted by Gasteiger charge is 2.52. The number of nitrogens with zero attached hydrogens (tertiary/aromatic N) is 2. The zero-order valence-corrected chi connectivity index (χ0v) is 24.1. The molecule has 2 aliphatic rings. The smallest absolute Gasteiger partial charge is 0.188 e. The molecule has 0 fully saturated rings. The van der Waals surface area contributed by atoms with Crippen LogP contribution in [-0.2, 0) is 5.60 Å². The lowest BCUT2D eigenvalue weighted by molar-refractivity contribution is 0.158. The number of rotatable bonds is 6. The number of aromatic amines is 1. The van der Waals surface area contributed by atoms with Crippen LogP contribution in [-0.4, -0.2) is 31.2 Å². The van der Waals surface area contributed by atoms with Crippen LogP contribution in [0.15, 0.2) is 78.9 Å². The van der Waals surface area contributed by atoms with E-state index >= 15 is 0 Å². The second-order valence-electron chi connectivity index (χ2n) is 11.0. The molecule has 0 saturated carbocycles. The molecule has 5 aromatic rings. The lowest BCUT2D eigenvalue weighted by atomic mass is 9.79. The van der Waals surface area contributed by atoms with Gasteiger partial charge in [-0.05, 0) is 93.8 Å². The molecule has 4 heteroatoms. The number of H-pyrrole nitrogens is 1. The summed E-state index contributed by atoms with van der Waals surface area (Å²) in [4.78, 5) is 8.66. The second-order valence-corrected chi connectivity index (χ2v) is 11.0. The zero-order valence-electron chi connectivity index (χ0n) is 24.1. The van der Waals surface area contributed by atoms with Crippen LogP contribution in [0.1, 0.15) is 49.9 Å². The molecule has 2 heterocycles. The van der Waals surface area contributed by atoms with Gasteiger partial charge in [-0.15, -0.1) is 0 Å². The van der Waals surface area contributed by atoms with Gasteiger partial charge >= 0.3 is 0 Å². The van der Waals surface area contributed by atoms with Crippen LogP contribution < -0.4 is 14.5 Å². The lowest BCUT2D eigenvalue weighted by Gasteiger charge is -2.38. The van der Waals surface area contributed by atoms with Gasteiger partial charge in [0.05, 0.1) is 5.69 Å². The minimum Gasteiger partial charge on any atom is -0.472 e. The third-order valence-corrected chi connectivity index (χ3v) is 9.04. The highest BCUT2D eigenvalue weighted by Crippen LogP contribution is 2.60. The fourth-order valence-corrected chi connectivity index (χ4v) is 7.07. The van der Waals surface area contributed by atoms with E-state index in [1.807, 2.05) is 0 Å². The second kappa shape index (κ2) is 9.19. The van der Waals surface area contributed by atoms with Gasteiger partial charge in [-0.3, -0.25) is 0 Å². The standard InChI is InChI=1S/C36H37N3O/c1-6-38(7-2)24-15-18-30-28(21-24)29-22-25(39(8-3)9-4)16-19-31(29)36(30)34-26-12-10-11-13-32(26)37-35(34)27-17-14-23(5)20-33(27)40-36/h10-22,37H,6-9H2,1-5H3. The van der Waals surface area contributed by atoms with E-state index in [4.69, 9.17) is 4.74 Å². The van der Waals surface area contributed by atoms with Crippen molar-refractivity contribution >= 4 is 22.3 Å². The summed E-state index contributed by atoms with van der Waals surface area (Å²) < 4.78 is 7.37. The molecule has 1 aromatic heterocycles. The van der Waals surface area contributed by atoms with Gasteiger partial charge in [-0.2, -0.15) is 0 Å². The van der Waals surface area contributed by atoms with Crippen molar-refractivity contribution in [3.63, 3.8) is 0 Å². The molecule has 0 saturated heterocycles. The van der Waals surface area contributed by atoms with Crippen molar-refractivity contribution in [1.29, 1.82) is 0 Å². The first-order chi connectivity index (χ1) is 19.5. The number of benzene rings is 4. The van der Waals surface area contributed by atoms with E-state index in [2.05, 4.69) is 128 Å². The summed E-state index contributed by atoms with van der Waals surface area (Å²) in [6, 6.07) is 29.3. The van der Waals surface area contributed by atoms with E-state index in [-0.39, 0.29) is 0 Å². The molecule has 0 atom stereocenters. The monoisotopic (exact) mass is 527 g/mol. The molecule has 4 nitrogen and oxygen atoms in total. The van der Waals surface area contributed by atoms with Crippen LogP contribution >= 0.6 is 0 Å². The number of nitrogens with one attached hydrogen (secondary N) is 1. The van der Waals surface area contributed by atoms with E-state index in [1.165, 1.54) is 50.1 Å². The Morgan fingerprint density at radius 2 is 1.27 bits per heavy atom. The van der Waals surface area contributed by atoms with Crippen LogP contribution in [0.25, 0.3) is 33.3 Å². The Morgan fingerprint density at radius 3 is 1.88 bits per heavy atom. The van der Waals surface area contributed by atoms with Crippen molar-refractivity contribution < 1.29 is 4.74 Å². The first kappa shape index (κ1) is 24.8. The molecule has 4 aromatic carbocycles. The first-order valence-electron chi connectivity index (χ1n) is 14.7. The van der Waals surface area contributed by atoms with Crippen LogP contribution in [0.3, 0.4) is 0 Å². The van der Waals surface area contributed by atoms with E-state index in [1.54, 1.807) is 0 Å². The van der Waals surface area contributed by atoms with Crippen LogP contribution in [0.2, 0.25) is 0 Å². The molecule has 0 radical (unpaired) electrons. The maximum absolute atomic E-state index is 7.37. The molecular formula is C36H37N3O. The van der Waals surface area contributed by atoms with Gasteiger partial charge < -0.3 is 19.5 Å². The van der Waals surface area contributed by atoms with Gasteiger partial charge in [0.1, 0.15) is 5.75 Å². The first-order valence-corrected chi connectivity index (χ1v) is 14.7. The molecule has 0 amide bonds. The van der Waals surface area contributed by atoms with Crippen LogP contribution in [0, 0.1) is 6.92 Å². The molecule has 202 valence electrons. The maximum atomic E-state index is 7.37. The fourth-order valence-electron chi connectivity index (χ4n) is 7.07. The molecule has 7 rings (SSSR count). The number of fused-ring (bicyclic) bond motifs is 11. The zero-order chi connectivity index (χ0) is 27.6. The highest BCUT2D eigenvalue weighted by molar-refractivity contribution is 5.99. The number of ether oxygens (including phenoxy) is 1. The normalized spacial score (nSPS) is 13.9. The summed E-state index contributed by atoms with van der Waals surface area (Å²) >= 11 is 0. The van der Waals surface area contributed by atoms with Crippen molar-refractivity contribution in [2.75, 3.05) is 36.0 Å². The average Bonchev–Trinajstić information content (AvgIpc) is 3.49. The predicted octanol–water partition coefficient (Wildman–Crippen LogP) is 8.50. The van der Waals surface area contributed by atoms with Crippen LogP contribution in [0.4, 0.5) is 11.4 Å². The van der Waals surface area contributed by atoms with E-state index in [0.717, 1.165) is 48.7 Å². The number of aromatic nitrogens is 1. The summed E-state index contributed by atoms with van der Waals surface area (Å²) in [5, 5.41) is 1.21. The Bertz CT molecular complexity index is 1690. The van der Waals surface area contributed by atoms with Gasteiger partial charge in [-0.1, -0.05) is 36.4 Å². The summed E-state index contributed by atoms with van der Waals surface area (Å²) in [5.41, 5.74) is 12.5. The molecule has 1 spiro atoms. The SMILES string of the molecule is CCN(CC)c1ccc2c(c1)-c1cc(N(CC)CC)ccc1C21Oc2cc(C)ccc2-c2[nH]c3ccccc3c21. The maximum Gasteiger partial charge on any atom is 0.188 e. The quantitative estimate of drug-likeness (QED) is 0.240. The summed E-state index contributed by atoms with van der Waals surface area (Å²) in [6.07, 6.45) is 0. The number of aryl methyl sites for hydroxylation is 1. The molecular weight excluding hydrogens is 490 g/mol. The van der Waals surface area contributed by atoms with Crippen molar-refractivity contribution in [2.24, 2.45) is 0 Å². The van der Waals surface area contributed by atoms with Gasteiger partial charge in [0, 0.05) is 70.7 Å². The molecule has 40 heavy (non-hydrogen) atoms. The van der Waals surface area contributed by atoms with Crippen molar-refractivity contribution in [3.05, 3.63) is 101 Å². The third-order valence-electron chi connectivity index (χ3n) is 9.04. The Balaban J connectivity index is 1.59. The molecule has 1 aliphatic heterocycles. The van der Waals surface area contributed by atoms with Crippen molar-refractivity contribution in [2.45, 2.75) is 40.2 Å². The Morgan fingerprint density at radius 1 is 0.675 bits per heavy atom. The molecule has 1 N–H and O–H groups in total. The van der Waals surface area contributed by atoms with E-state index < -0.39 is 5.60 Å². The number of para-hydroxylation sites is 1. The lowest BCUT2D eigenvalue weighted by Crippen LogP contribution is -2.36. The third kappa shape index (κ3) is 3.32.